The summed E-state index contributed by atoms with van der Waals surface area (Å²) in [6.45, 7) is 0.666. The molecule has 7 heteroatoms. The van der Waals surface area contributed by atoms with Gasteiger partial charge in [-0.25, -0.2) is 8.42 Å². The largest absolute Gasteiger partial charge is 0.312 e. The second-order valence-electron chi connectivity index (χ2n) is 7.42. The van der Waals surface area contributed by atoms with Crippen LogP contribution in [-0.4, -0.2) is 37.3 Å². The van der Waals surface area contributed by atoms with E-state index < -0.39 is 15.4 Å². The van der Waals surface area contributed by atoms with Crippen molar-refractivity contribution in [3.8, 4) is 0 Å². The van der Waals surface area contributed by atoms with Crippen molar-refractivity contribution in [2.24, 2.45) is 5.41 Å². The van der Waals surface area contributed by atoms with Gasteiger partial charge in [-0.15, -0.1) is 11.3 Å². The van der Waals surface area contributed by atoms with E-state index in [9.17, 15) is 13.2 Å². The van der Waals surface area contributed by atoms with E-state index in [0.29, 0.717) is 17.2 Å². The van der Waals surface area contributed by atoms with Gasteiger partial charge in [-0.2, -0.15) is 4.31 Å². The number of benzene rings is 1. The highest BCUT2D eigenvalue weighted by atomic mass is 32.2. The molecule has 0 aliphatic carbocycles. The number of carbonyl (C=O) groups is 1. The summed E-state index contributed by atoms with van der Waals surface area (Å²) in [5.41, 5.74) is 0.355. The number of thiophene rings is 1. The Kier molecular flexibility index (Phi) is 3.58. The Morgan fingerprint density at radius 2 is 1.88 bits per heavy atom. The van der Waals surface area contributed by atoms with E-state index in [-0.39, 0.29) is 18.0 Å². The molecule has 136 valence electrons. The fourth-order valence-electron chi connectivity index (χ4n) is 5.15. The van der Waals surface area contributed by atoms with Crippen LogP contribution in [0.25, 0.3) is 0 Å². The first kappa shape index (κ1) is 16.5. The first-order valence-electron chi connectivity index (χ1n) is 8.98. The average Bonchev–Trinajstić information content (AvgIpc) is 3.41. The van der Waals surface area contributed by atoms with Gasteiger partial charge in [0.05, 0.1) is 5.41 Å². The summed E-state index contributed by atoms with van der Waals surface area (Å²) in [5, 5.41) is 1.79. The van der Waals surface area contributed by atoms with Crippen molar-refractivity contribution in [2.45, 2.75) is 42.0 Å². The predicted octanol–water partition coefficient (Wildman–Crippen LogP) is 3.10. The fraction of sp³-hybridized carbons (Fsp3) is 0.421. The zero-order valence-electron chi connectivity index (χ0n) is 14.2. The molecule has 2 aromatic rings. The van der Waals surface area contributed by atoms with Gasteiger partial charge in [-0.1, -0.05) is 24.3 Å². The number of amides is 1. The number of hydrogen-bond donors (Lipinski definition) is 0. The van der Waals surface area contributed by atoms with Gasteiger partial charge in [0.2, 0.25) is 5.91 Å². The number of hydrogen-bond acceptors (Lipinski definition) is 4. The lowest BCUT2D eigenvalue weighted by molar-refractivity contribution is -0.126. The number of para-hydroxylation sites is 1. The summed E-state index contributed by atoms with van der Waals surface area (Å²) >= 11 is 1.25. The van der Waals surface area contributed by atoms with E-state index in [1.807, 2.05) is 35.2 Å². The van der Waals surface area contributed by atoms with Gasteiger partial charge in [-0.05, 0) is 49.3 Å². The third kappa shape index (κ3) is 2.11. The van der Waals surface area contributed by atoms with Crippen LogP contribution >= 0.6 is 11.3 Å². The van der Waals surface area contributed by atoms with Gasteiger partial charge >= 0.3 is 0 Å². The van der Waals surface area contributed by atoms with Crippen LogP contribution in [0.3, 0.4) is 0 Å². The zero-order chi connectivity index (χ0) is 17.9. The number of carbonyl (C=O) groups excluding carboxylic acids is 1. The van der Waals surface area contributed by atoms with Crippen molar-refractivity contribution in [2.75, 3.05) is 11.4 Å². The van der Waals surface area contributed by atoms with Crippen molar-refractivity contribution in [3.63, 3.8) is 0 Å². The SMILES string of the molecule is O=C1N(c2ccccc2)CC[C@@]12C[C@H]1CC[C@H]2N1S(=O)(=O)c1cccs1. The molecule has 1 spiro atoms. The molecule has 0 N–H and O–H groups in total. The number of anilines is 1. The van der Waals surface area contributed by atoms with Gasteiger partial charge in [0, 0.05) is 24.3 Å². The Bertz CT molecular complexity index is 942. The van der Waals surface area contributed by atoms with Crippen molar-refractivity contribution >= 4 is 33.0 Å². The number of rotatable bonds is 3. The number of nitrogens with zero attached hydrogens (tertiary/aromatic N) is 2. The minimum absolute atomic E-state index is 0.0493. The van der Waals surface area contributed by atoms with Crippen molar-refractivity contribution in [3.05, 3.63) is 47.8 Å². The molecular weight excluding hydrogens is 368 g/mol. The molecule has 0 saturated carbocycles. The van der Waals surface area contributed by atoms with E-state index in [4.69, 9.17) is 0 Å². The van der Waals surface area contributed by atoms with Crippen LogP contribution in [0.15, 0.2) is 52.1 Å². The average molecular weight is 389 g/mol. The van der Waals surface area contributed by atoms with Crippen molar-refractivity contribution < 1.29 is 13.2 Å². The summed E-state index contributed by atoms with van der Waals surface area (Å²) in [4.78, 5) is 15.2. The molecule has 3 fully saturated rings. The van der Waals surface area contributed by atoms with Gasteiger partial charge < -0.3 is 4.90 Å². The lowest BCUT2D eigenvalue weighted by Crippen LogP contribution is -2.45. The van der Waals surface area contributed by atoms with E-state index in [2.05, 4.69) is 0 Å². The molecule has 2 bridgehead atoms. The summed E-state index contributed by atoms with van der Waals surface area (Å²) in [7, 11) is -3.52. The normalized spacial score (nSPS) is 31.4. The summed E-state index contributed by atoms with van der Waals surface area (Å²) < 4.78 is 28.4. The quantitative estimate of drug-likeness (QED) is 0.812. The topological polar surface area (TPSA) is 57.7 Å². The molecule has 3 aliphatic rings. The van der Waals surface area contributed by atoms with Crippen molar-refractivity contribution in [1.82, 2.24) is 4.31 Å². The smallest absolute Gasteiger partial charge is 0.253 e. The molecule has 1 amide bonds. The molecule has 1 aromatic heterocycles. The van der Waals surface area contributed by atoms with Crippen LogP contribution in [0.1, 0.15) is 25.7 Å². The van der Waals surface area contributed by atoms with Gasteiger partial charge in [0.1, 0.15) is 4.21 Å². The highest BCUT2D eigenvalue weighted by Gasteiger charge is 2.65. The minimum Gasteiger partial charge on any atom is -0.312 e. The number of sulfonamides is 1. The maximum absolute atomic E-state index is 13.4. The molecule has 0 unspecified atom stereocenters. The van der Waals surface area contributed by atoms with Crippen LogP contribution in [-0.2, 0) is 14.8 Å². The Morgan fingerprint density at radius 1 is 1.08 bits per heavy atom. The summed E-state index contributed by atoms with van der Waals surface area (Å²) in [6.07, 6.45) is 3.03. The monoisotopic (exact) mass is 388 g/mol. The molecule has 5 rings (SSSR count). The summed E-state index contributed by atoms with van der Waals surface area (Å²) in [5.74, 6) is 0.0993. The Morgan fingerprint density at radius 3 is 2.62 bits per heavy atom. The first-order chi connectivity index (χ1) is 12.5. The molecular formula is C19H20N2O3S2. The molecule has 0 radical (unpaired) electrons. The highest BCUT2D eigenvalue weighted by Crippen LogP contribution is 2.57. The van der Waals surface area contributed by atoms with E-state index in [0.717, 1.165) is 24.9 Å². The van der Waals surface area contributed by atoms with Crippen LogP contribution < -0.4 is 4.90 Å². The summed E-state index contributed by atoms with van der Waals surface area (Å²) in [6, 6.07) is 12.9. The lowest BCUT2D eigenvalue weighted by Gasteiger charge is -2.31. The lowest BCUT2D eigenvalue weighted by atomic mass is 9.72. The fourth-order valence-corrected chi connectivity index (χ4v) is 8.18. The molecule has 4 heterocycles. The van der Waals surface area contributed by atoms with Crippen LogP contribution in [0.2, 0.25) is 0 Å². The second kappa shape index (κ2) is 5.65. The first-order valence-corrected chi connectivity index (χ1v) is 11.3. The maximum atomic E-state index is 13.4. The van der Waals surface area contributed by atoms with E-state index in [1.54, 1.807) is 21.8 Å². The van der Waals surface area contributed by atoms with Crippen LogP contribution in [0, 0.1) is 5.41 Å². The van der Waals surface area contributed by atoms with E-state index in [1.165, 1.54) is 11.3 Å². The Balaban J connectivity index is 1.50. The van der Waals surface area contributed by atoms with E-state index >= 15 is 0 Å². The van der Waals surface area contributed by atoms with Crippen molar-refractivity contribution in [1.29, 1.82) is 0 Å². The molecule has 3 aliphatic heterocycles. The third-order valence-corrected chi connectivity index (χ3v) is 9.56. The molecule has 5 nitrogen and oxygen atoms in total. The van der Waals surface area contributed by atoms with Gasteiger partial charge in [0.15, 0.2) is 0 Å². The highest BCUT2D eigenvalue weighted by molar-refractivity contribution is 7.91. The Hall–Kier alpha value is -1.70. The van der Waals surface area contributed by atoms with Gasteiger partial charge in [0.25, 0.3) is 10.0 Å². The minimum atomic E-state index is -3.52. The molecule has 26 heavy (non-hydrogen) atoms. The molecule has 3 atom stereocenters. The standard InChI is InChI=1S/C19H20N2O3S2/c22-18-19(10-11-20(18)14-5-2-1-3-6-14)13-15-8-9-16(19)21(15)26(23,24)17-7-4-12-25-17/h1-7,12,15-16H,8-11,13H2/t15-,16-,19+/m1/s1. The molecule has 3 saturated heterocycles. The number of fused-ring (bicyclic) bond motifs is 3. The maximum Gasteiger partial charge on any atom is 0.253 e. The van der Waals surface area contributed by atoms with Crippen LogP contribution in [0.4, 0.5) is 5.69 Å². The third-order valence-electron chi connectivity index (χ3n) is 6.23. The second-order valence-corrected chi connectivity index (χ2v) is 10.4. The van der Waals surface area contributed by atoms with Gasteiger partial charge in [-0.3, -0.25) is 4.79 Å². The zero-order valence-corrected chi connectivity index (χ0v) is 15.9. The van der Waals surface area contributed by atoms with Crippen LogP contribution in [0.5, 0.6) is 0 Å². The molecule has 1 aromatic carbocycles. The Labute approximate surface area is 157 Å². The predicted molar refractivity (Wildman–Crippen MR) is 101 cm³/mol.